The minimum absolute atomic E-state index is 0.107. The van der Waals surface area contributed by atoms with Crippen molar-refractivity contribution in [2.24, 2.45) is 0 Å². The number of anilines is 2. The molecule has 5 aromatic rings. The molecule has 8 rings (SSSR count). The third-order valence-corrected chi connectivity index (χ3v) is 12.3. The van der Waals surface area contributed by atoms with Gasteiger partial charge in [0.15, 0.2) is 0 Å². The van der Waals surface area contributed by atoms with Crippen LogP contribution >= 0.6 is 0 Å². The largest absolute Gasteiger partial charge is 0.347 e. The van der Waals surface area contributed by atoms with E-state index in [1.54, 1.807) is 0 Å². The zero-order valence-corrected chi connectivity index (χ0v) is 30.4. The molecule has 0 amide bonds. The number of hydrogen-bond donors (Lipinski definition) is 0. The van der Waals surface area contributed by atoms with Crippen LogP contribution in [0.15, 0.2) is 155 Å². The van der Waals surface area contributed by atoms with Gasteiger partial charge in [-0.3, -0.25) is 0 Å². The number of nitrogens with zero attached hydrogens (tertiary/aromatic N) is 2. The lowest BCUT2D eigenvalue weighted by Crippen LogP contribution is -2.23. The Hall–Kier alpha value is -4.73. The number of rotatable bonds is 3. The topological polar surface area (TPSA) is 6.48 Å². The molecular weight excluding hydrogens is 613 g/mol. The molecule has 1 saturated carbocycles. The lowest BCUT2D eigenvalue weighted by molar-refractivity contribution is 0.645. The lowest BCUT2D eigenvalue weighted by Gasteiger charge is -2.25. The first-order valence-electron chi connectivity index (χ1n) is 17.6. The molecule has 0 aromatic heterocycles. The number of hydrogen-bond acceptors (Lipinski definition) is 2. The quantitative estimate of drug-likeness (QED) is 0.108. The van der Waals surface area contributed by atoms with Crippen LogP contribution < -0.4 is 9.80 Å². The molecule has 5 aromatic carbocycles. The van der Waals surface area contributed by atoms with E-state index in [4.69, 9.17) is 0 Å². The second kappa shape index (κ2) is 12.0. The fourth-order valence-corrected chi connectivity index (χ4v) is 9.84. The van der Waals surface area contributed by atoms with E-state index in [1.807, 2.05) is 11.4 Å². The van der Waals surface area contributed by atoms with E-state index in [1.165, 1.54) is 76.3 Å². The van der Waals surface area contributed by atoms with Gasteiger partial charge in [0.05, 0.1) is 0 Å². The molecule has 0 N–H and O–H groups in total. The summed E-state index contributed by atoms with van der Waals surface area (Å²) in [4.78, 5) is 7.50. The van der Waals surface area contributed by atoms with Crippen LogP contribution in [0.3, 0.4) is 0 Å². The van der Waals surface area contributed by atoms with Gasteiger partial charge in [-0.25, -0.2) is 0 Å². The predicted octanol–water partition coefficient (Wildman–Crippen LogP) is 11.3. The van der Waals surface area contributed by atoms with E-state index in [-0.39, 0.29) is 10.8 Å². The van der Waals surface area contributed by atoms with Crippen LogP contribution in [-0.4, -0.2) is 19.0 Å². The Morgan fingerprint density at radius 1 is 0.531 bits per heavy atom. The Balaban J connectivity index is 1.21. The summed E-state index contributed by atoms with van der Waals surface area (Å²) in [6, 6.07) is 37.7. The predicted molar refractivity (Wildman–Crippen MR) is 214 cm³/mol. The number of allylic oxidation sites excluding steroid dienone is 8. The smallest absolute Gasteiger partial charge is 0.237 e. The summed E-state index contributed by atoms with van der Waals surface area (Å²) >= 11 is 1.92. The van der Waals surface area contributed by atoms with E-state index in [2.05, 4.69) is 179 Å². The van der Waals surface area contributed by atoms with Gasteiger partial charge in [-0.2, -0.15) is 0 Å². The SMILES string of the molecule is CN1C(=C/C=C2/CCC/C(=C\C=C3\N(C)c4ccc5ccccc5c4C3(C)C)C2=[S+]c2ccccc2)C(C)(C)c2c1ccc1ccccc21. The van der Waals surface area contributed by atoms with Gasteiger partial charge in [0.2, 0.25) is 21.1 Å². The van der Waals surface area contributed by atoms with E-state index < -0.39 is 0 Å². The maximum atomic E-state index is 2.43. The molecule has 3 aliphatic rings. The summed E-state index contributed by atoms with van der Waals surface area (Å²) in [6.45, 7) is 9.54. The zero-order chi connectivity index (χ0) is 33.9. The van der Waals surface area contributed by atoms with Crippen molar-refractivity contribution in [1.82, 2.24) is 0 Å². The molecule has 2 aliphatic heterocycles. The molecule has 0 spiro atoms. The summed E-state index contributed by atoms with van der Waals surface area (Å²) in [5.74, 6) is 0. The normalized spacial score (nSPS) is 22.3. The van der Waals surface area contributed by atoms with Crippen molar-refractivity contribution in [1.29, 1.82) is 0 Å². The second-order valence-electron chi connectivity index (χ2n) is 14.8. The molecule has 1 aliphatic carbocycles. The third kappa shape index (κ3) is 5.18. The summed E-state index contributed by atoms with van der Waals surface area (Å²) < 4.78 is 0. The van der Waals surface area contributed by atoms with Crippen molar-refractivity contribution in [3.63, 3.8) is 0 Å². The molecule has 49 heavy (non-hydrogen) atoms. The molecular formula is C46H45N2S+. The molecule has 0 unspecified atom stereocenters. The number of likely N-dealkylation sites (N-methyl/N-ethyl adjacent to an activating group) is 2. The molecule has 0 bridgehead atoms. The van der Waals surface area contributed by atoms with E-state index >= 15 is 0 Å². The van der Waals surface area contributed by atoms with Crippen molar-refractivity contribution < 1.29 is 0 Å². The van der Waals surface area contributed by atoms with Crippen molar-refractivity contribution in [3.8, 4) is 0 Å². The summed E-state index contributed by atoms with van der Waals surface area (Å²) in [5, 5.41) is 5.32. The first-order chi connectivity index (χ1) is 23.7. The highest BCUT2D eigenvalue weighted by atomic mass is 32.1. The fourth-order valence-electron chi connectivity index (χ4n) is 8.70. The fraction of sp³-hybridized carbons (Fsp3) is 0.239. The highest BCUT2D eigenvalue weighted by molar-refractivity contribution is 7.79. The highest BCUT2D eigenvalue weighted by Gasteiger charge is 2.41. The Morgan fingerprint density at radius 3 is 1.47 bits per heavy atom. The van der Waals surface area contributed by atoms with E-state index in [0.29, 0.717) is 0 Å². The first kappa shape index (κ1) is 31.5. The van der Waals surface area contributed by atoms with Gasteiger partial charge in [0, 0.05) is 71.0 Å². The van der Waals surface area contributed by atoms with Crippen LogP contribution in [0.5, 0.6) is 0 Å². The average Bonchev–Trinajstić information content (AvgIpc) is 3.44. The molecule has 0 radical (unpaired) electrons. The average molecular weight is 658 g/mol. The van der Waals surface area contributed by atoms with Crippen molar-refractivity contribution in [2.45, 2.75) is 62.7 Å². The van der Waals surface area contributed by atoms with Gasteiger partial charge >= 0.3 is 0 Å². The number of benzene rings is 5. The third-order valence-electron chi connectivity index (χ3n) is 11.1. The molecule has 0 saturated heterocycles. The highest BCUT2D eigenvalue weighted by Crippen LogP contribution is 2.51. The molecule has 2 heterocycles. The first-order valence-corrected chi connectivity index (χ1v) is 18.4. The zero-order valence-electron chi connectivity index (χ0n) is 29.5. The molecule has 244 valence electrons. The van der Waals surface area contributed by atoms with Gasteiger partial charge < -0.3 is 9.80 Å². The minimum Gasteiger partial charge on any atom is -0.347 e. The standard InChI is InChI=1S/C46H45N2S/c1-45(2)40(47(5)38-27-23-31-15-10-12-21-36(31)42(38)45)29-25-33-17-14-18-34(44(33)49-35-19-8-7-9-20-35)26-30-41-46(3,4)43-37-22-13-11-16-32(37)24-28-39(43)48(41)6/h7-13,15-16,19-30H,14,17-18H2,1-6H3/q+1/b33-25-,34-26+,40-29?,41-30+. The van der Waals surface area contributed by atoms with Crippen molar-refractivity contribution >= 4 is 49.1 Å². The molecule has 2 nitrogen and oxygen atoms in total. The maximum Gasteiger partial charge on any atom is 0.237 e. The summed E-state index contributed by atoms with van der Waals surface area (Å²) in [5.41, 5.74) is 10.8. The van der Waals surface area contributed by atoms with Gasteiger partial charge in [0.25, 0.3) is 0 Å². The molecule has 0 atom stereocenters. The second-order valence-corrected chi connectivity index (χ2v) is 15.9. The van der Waals surface area contributed by atoms with Gasteiger partial charge in [0.1, 0.15) is 0 Å². The van der Waals surface area contributed by atoms with Gasteiger partial charge in [-0.15, -0.1) is 0 Å². The lowest BCUT2D eigenvalue weighted by atomic mass is 9.80. The molecule has 1 fully saturated rings. The van der Waals surface area contributed by atoms with Crippen LogP contribution in [0.4, 0.5) is 11.4 Å². The van der Waals surface area contributed by atoms with Crippen molar-refractivity contribution in [3.05, 3.63) is 161 Å². The van der Waals surface area contributed by atoms with E-state index in [9.17, 15) is 0 Å². The van der Waals surface area contributed by atoms with Crippen LogP contribution in [0.25, 0.3) is 21.5 Å². The Morgan fingerprint density at radius 2 is 0.980 bits per heavy atom. The monoisotopic (exact) mass is 657 g/mol. The molecule has 3 heteroatoms. The Labute approximate surface area is 295 Å². The Kier molecular flexibility index (Phi) is 7.72. The summed E-state index contributed by atoms with van der Waals surface area (Å²) in [6.07, 6.45) is 13.0. The van der Waals surface area contributed by atoms with E-state index in [0.717, 1.165) is 19.3 Å². The van der Waals surface area contributed by atoms with Crippen LogP contribution in [0, 0.1) is 0 Å². The van der Waals surface area contributed by atoms with Gasteiger partial charge in [-0.1, -0.05) is 119 Å². The van der Waals surface area contributed by atoms with Gasteiger partial charge in [-0.05, 0) is 76.2 Å². The minimum atomic E-state index is -0.107. The Bertz CT molecular complexity index is 2140. The van der Waals surface area contributed by atoms with Crippen molar-refractivity contribution in [2.75, 3.05) is 23.9 Å². The van der Waals surface area contributed by atoms with Crippen LogP contribution in [0.1, 0.15) is 58.1 Å². The summed E-state index contributed by atoms with van der Waals surface area (Å²) in [7, 11) is 4.46. The maximum absolute atomic E-state index is 2.43. The van der Waals surface area contributed by atoms with Crippen LogP contribution in [-0.2, 0) is 22.2 Å². The van der Waals surface area contributed by atoms with Crippen LogP contribution in [0.2, 0.25) is 0 Å². The number of fused-ring (bicyclic) bond motifs is 6.